The van der Waals surface area contributed by atoms with Crippen LogP contribution in [0.3, 0.4) is 0 Å². The molecule has 0 aliphatic carbocycles. The van der Waals surface area contributed by atoms with Crippen LogP contribution in [0.25, 0.3) is 0 Å². The molecule has 7 heteroatoms. The molecule has 1 saturated heterocycles. The fraction of sp³-hybridized carbons (Fsp3) is 0.263. The molecule has 4 rings (SSSR count). The first kappa shape index (κ1) is 16.8. The monoisotopic (exact) mass is 370 g/mol. The lowest BCUT2D eigenvalue weighted by molar-refractivity contribution is -0.119. The Morgan fingerprint density at radius 3 is 2.42 bits per heavy atom. The summed E-state index contributed by atoms with van der Waals surface area (Å²) >= 11 is 0. The Morgan fingerprint density at radius 1 is 1.08 bits per heavy atom. The van der Waals surface area contributed by atoms with Gasteiger partial charge in [0.25, 0.3) is 5.91 Å². The first-order valence-electron chi connectivity index (χ1n) is 8.45. The highest BCUT2D eigenvalue weighted by molar-refractivity contribution is 7.94. The largest absolute Gasteiger partial charge is 0.308 e. The van der Waals surface area contributed by atoms with Crippen molar-refractivity contribution in [3.8, 4) is 0 Å². The van der Waals surface area contributed by atoms with Crippen LogP contribution in [0.15, 0.2) is 48.5 Å². The number of rotatable bonds is 2. The van der Waals surface area contributed by atoms with Gasteiger partial charge in [-0.3, -0.25) is 9.59 Å². The maximum atomic E-state index is 12.8. The second-order valence-electron chi connectivity index (χ2n) is 6.66. The summed E-state index contributed by atoms with van der Waals surface area (Å²) in [6, 6.07) is 14.0. The van der Waals surface area contributed by atoms with Gasteiger partial charge in [0, 0.05) is 17.8 Å². The summed E-state index contributed by atoms with van der Waals surface area (Å²) in [5, 5.41) is 0. The third-order valence-electron chi connectivity index (χ3n) is 4.84. The van der Waals surface area contributed by atoms with E-state index in [-0.39, 0.29) is 17.3 Å². The number of para-hydroxylation sites is 1. The highest BCUT2D eigenvalue weighted by Crippen LogP contribution is 2.31. The predicted molar refractivity (Wildman–Crippen MR) is 98.7 cm³/mol. The van der Waals surface area contributed by atoms with Crippen molar-refractivity contribution in [2.75, 3.05) is 21.5 Å². The third-order valence-corrected chi connectivity index (χ3v) is 6.71. The summed E-state index contributed by atoms with van der Waals surface area (Å²) in [5.41, 5.74) is 2.79. The van der Waals surface area contributed by atoms with Crippen LogP contribution in [0.2, 0.25) is 0 Å². The summed E-state index contributed by atoms with van der Waals surface area (Å²) in [6.45, 7) is 2.22. The molecule has 0 spiro atoms. The van der Waals surface area contributed by atoms with Gasteiger partial charge in [-0.1, -0.05) is 25.1 Å². The molecule has 0 bridgehead atoms. The van der Waals surface area contributed by atoms with Crippen molar-refractivity contribution in [2.45, 2.75) is 13.3 Å². The number of amides is 2. The molecule has 0 aromatic heterocycles. The Hall–Kier alpha value is -2.67. The lowest BCUT2D eigenvalue weighted by Crippen LogP contribution is -2.31. The second kappa shape index (κ2) is 5.95. The molecule has 134 valence electrons. The minimum absolute atomic E-state index is 0.134. The molecule has 2 aromatic carbocycles. The second-order valence-corrected chi connectivity index (χ2v) is 8.53. The first-order chi connectivity index (χ1) is 12.4. The number of sulfonamides is 1. The van der Waals surface area contributed by atoms with E-state index in [0.29, 0.717) is 12.1 Å². The van der Waals surface area contributed by atoms with Crippen LogP contribution in [0, 0.1) is 5.92 Å². The zero-order chi connectivity index (χ0) is 18.5. The summed E-state index contributed by atoms with van der Waals surface area (Å²) < 4.78 is 25.2. The van der Waals surface area contributed by atoms with E-state index in [0.717, 1.165) is 22.0 Å². The van der Waals surface area contributed by atoms with Crippen LogP contribution in [-0.4, -0.2) is 32.5 Å². The standard InChI is InChI=1S/C19H18N2O4S/c1-13-12-26(24,25)21(18(13)22)16-8-6-15(7-9-16)19(23)20-11-10-14-4-2-3-5-17(14)20/h2-9,13H,10-12H2,1H3. The molecule has 2 aliphatic rings. The smallest absolute Gasteiger partial charge is 0.258 e. The lowest BCUT2D eigenvalue weighted by Gasteiger charge is -2.19. The van der Waals surface area contributed by atoms with Crippen LogP contribution in [-0.2, 0) is 21.2 Å². The van der Waals surface area contributed by atoms with Gasteiger partial charge >= 0.3 is 0 Å². The van der Waals surface area contributed by atoms with Gasteiger partial charge in [-0.15, -0.1) is 0 Å². The van der Waals surface area contributed by atoms with Gasteiger partial charge in [-0.25, -0.2) is 12.7 Å². The van der Waals surface area contributed by atoms with Crippen LogP contribution in [0.4, 0.5) is 11.4 Å². The van der Waals surface area contributed by atoms with Crippen LogP contribution in [0.1, 0.15) is 22.8 Å². The molecule has 2 heterocycles. The van der Waals surface area contributed by atoms with Crippen molar-refractivity contribution in [3.05, 3.63) is 59.7 Å². The molecule has 2 aliphatic heterocycles. The number of benzene rings is 2. The number of carbonyl (C=O) groups is 2. The van der Waals surface area contributed by atoms with Crippen molar-refractivity contribution in [3.63, 3.8) is 0 Å². The highest BCUT2D eigenvalue weighted by Gasteiger charge is 2.42. The third kappa shape index (κ3) is 2.59. The Balaban J connectivity index is 1.61. The van der Waals surface area contributed by atoms with Crippen molar-refractivity contribution in [1.29, 1.82) is 0 Å². The molecule has 2 amide bonds. The summed E-state index contributed by atoms with van der Waals surface area (Å²) in [4.78, 5) is 26.7. The molecule has 6 nitrogen and oxygen atoms in total. The highest BCUT2D eigenvalue weighted by atomic mass is 32.2. The topological polar surface area (TPSA) is 74.8 Å². The van der Waals surface area contributed by atoms with Gasteiger partial charge in [-0.05, 0) is 42.3 Å². The number of nitrogens with zero attached hydrogens (tertiary/aromatic N) is 2. The Labute approximate surface area is 152 Å². The molecule has 1 atom stereocenters. The Morgan fingerprint density at radius 2 is 1.77 bits per heavy atom. The Kier molecular flexibility index (Phi) is 3.84. The van der Waals surface area contributed by atoms with Gasteiger partial charge in [0.15, 0.2) is 0 Å². The predicted octanol–water partition coefficient (Wildman–Crippen LogP) is 2.20. The van der Waals surface area contributed by atoms with Crippen molar-refractivity contribution in [1.82, 2.24) is 0 Å². The normalized spacial score (nSPS) is 21.1. The Bertz CT molecular complexity index is 998. The SMILES string of the molecule is CC1CS(=O)(=O)N(c2ccc(C(=O)N3CCc4ccccc43)cc2)C1=O. The van der Waals surface area contributed by atoms with Gasteiger partial charge < -0.3 is 4.90 Å². The van der Waals surface area contributed by atoms with Crippen molar-refractivity contribution < 1.29 is 18.0 Å². The molecule has 0 N–H and O–H groups in total. The minimum Gasteiger partial charge on any atom is -0.308 e. The molecule has 0 saturated carbocycles. The zero-order valence-electron chi connectivity index (χ0n) is 14.3. The molecule has 1 fully saturated rings. The molecule has 1 unspecified atom stereocenters. The van der Waals surface area contributed by atoms with E-state index in [4.69, 9.17) is 0 Å². The average Bonchev–Trinajstić information content (AvgIpc) is 3.13. The maximum absolute atomic E-state index is 12.8. The van der Waals surface area contributed by atoms with E-state index in [9.17, 15) is 18.0 Å². The number of hydrogen-bond acceptors (Lipinski definition) is 4. The van der Waals surface area contributed by atoms with Gasteiger partial charge in [0.2, 0.25) is 15.9 Å². The quantitative estimate of drug-likeness (QED) is 0.812. The number of hydrogen-bond donors (Lipinski definition) is 0. The van der Waals surface area contributed by atoms with Crippen LogP contribution in [0.5, 0.6) is 0 Å². The lowest BCUT2D eigenvalue weighted by atomic mass is 10.1. The fourth-order valence-corrected chi connectivity index (χ4v) is 5.35. The van der Waals surface area contributed by atoms with E-state index in [1.807, 2.05) is 24.3 Å². The fourth-order valence-electron chi connectivity index (χ4n) is 3.53. The molecular weight excluding hydrogens is 352 g/mol. The van der Waals surface area contributed by atoms with Crippen molar-refractivity contribution in [2.24, 2.45) is 5.92 Å². The van der Waals surface area contributed by atoms with Gasteiger partial charge in [-0.2, -0.15) is 0 Å². The van der Waals surface area contributed by atoms with Crippen molar-refractivity contribution >= 4 is 33.2 Å². The van der Waals surface area contributed by atoms with E-state index < -0.39 is 21.8 Å². The van der Waals surface area contributed by atoms with Gasteiger partial charge in [0.1, 0.15) is 0 Å². The number of carbonyl (C=O) groups excluding carboxylic acids is 2. The molecule has 0 radical (unpaired) electrons. The molecule has 2 aromatic rings. The van der Waals surface area contributed by atoms with E-state index in [1.54, 1.807) is 24.0 Å². The van der Waals surface area contributed by atoms with Crippen LogP contribution < -0.4 is 9.21 Å². The van der Waals surface area contributed by atoms with Crippen LogP contribution >= 0.6 is 0 Å². The minimum atomic E-state index is -3.64. The first-order valence-corrected chi connectivity index (χ1v) is 10.1. The van der Waals surface area contributed by atoms with E-state index in [1.165, 1.54) is 12.1 Å². The summed E-state index contributed by atoms with van der Waals surface area (Å²) in [5.74, 6) is -1.30. The number of fused-ring (bicyclic) bond motifs is 1. The molecular formula is C19H18N2O4S. The zero-order valence-corrected chi connectivity index (χ0v) is 15.1. The summed E-state index contributed by atoms with van der Waals surface area (Å²) in [6.07, 6.45) is 0.818. The average molecular weight is 370 g/mol. The van der Waals surface area contributed by atoms with Gasteiger partial charge in [0.05, 0.1) is 17.4 Å². The molecule has 26 heavy (non-hydrogen) atoms. The van der Waals surface area contributed by atoms with E-state index in [2.05, 4.69) is 0 Å². The number of anilines is 2. The maximum Gasteiger partial charge on any atom is 0.258 e. The summed E-state index contributed by atoms with van der Waals surface area (Å²) in [7, 11) is -3.64. The van der Waals surface area contributed by atoms with E-state index >= 15 is 0 Å².